The first kappa shape index (κ1) is 17.4. The summed E-state index contributed by atoms with van der Waals surface area (Å²) in [5.74, 6) is -0.497. The largest absolute Gasteiger partial charge is 0.465 e. The van der Waals surface area contributed by atoms with Crippen molar-refractivity contribution in [2.45, 2.75) is 12.7 Å². The van der Waals surface area contributed by atoms with Crippen molar-refractivity contribution in [2.24, 2.45) is 5.73 Å². The summed E-state index contributed by atoms with van der Waals surface area (Å²) in [5.41, 5.74) is 6.24. The number of fused-ring (bicyclic) bond motifs is 1. The van der Waals surface area contributed by atoms with Crippen LogP contribution in [0.4, 0.5) is 13.2 Å². The zero-order valence-corrected chi connectivity index (χ0v) is 14.0. The Labute approximate surface area is 145 Å². The maximum atomic E-state index is 13.5. The summed E-state index contributed by atoms with van der Waals surface area (Å²) in [6.45, 7) is 0.194. The molecule has 1 aromatic heterocycles. The van der Waals surface area contributed by atoms with Crippen molar-refractivity contribution in [2.75, 3.05) is 7.11 Å². The molecule has 25 heavy (non-hydrogen) atoms. The lowest BCUT2D eigenvalue weighted by molar-refractivity contribution is -0.136. The van der Waals surface area contributed by atoms with Gasteiger partial charge in [0.1, 0.15) is 0 Å². The third kappa shape index (κ3) is 3.38. The molecular weight excluding hydrogens is 351 g/mol. The second-order valence-electron chi connectivity index (χ2n) is 5.43. The summed E-state index contributed by atoms with van der Waals surface area (Å²) in [5, 5.41) is 0.507. The molecule has 7 heteroatoms. The van der Waals surface area contributed by atoms with Crippen LogP contribution in [0.2, 0.25) is 0 Å². The van der Waals surface area contributed by atoms with Crippen LogP contribution in [0.1, 0.15) is 20.8 Å². The predicted octanol–water partition coefficient (Wildman–Crippen LogP) is 4.83. The zero-order valence-electron chi connectivity index (χ0n) is 13.2. The molecule has 1 heterocycles. The lowest BCUT2D eigenvalue weighted by Crippen LogP contribution is -2.05. The molecule has 0 spiro atoms. The summed E-state index contributed by atoms with van der Waals surface area (Å²) in [7, 11) is 1.27. The van der Waals surface area contributed by atoms with E-state index in [1.54, 1.807) is 24.3 Å². The number of thiophene rings is 1. The van der Waals surface area contributed by atoms with E-state index in [1.807, 2.05) is 0 Å². The minimum absolute atomic E-state index is 0.183. The molecule has 0 atom stereocenters. The van der Waals surface area contributed by atoms with Crippen LogP contribution in [-0.2, 0) is 17.5 Å². The van der Waals surface area contributed by atoms with E-state index in [9.17, 15) is 18.0 Å². The monoisotopic (exact) mass is 365 g/mol. The predicted molar refractivity (Wildman–Crippen MR) is 91.5 cm³/mol. The number of carbonyl (C=O) groups is 1. The van der Waals surface area contributed by atoms with Crippen LogP contribution in [0.25, 0.3) is 21.2 Å². The van der Waals surface area contributed by atoms with Crippen LogP contribution in [0.15, 0.2) is 42.5 Å². The van der Waals surface area contributed by atoms with Crippen LogP contribution in [0.3, 0.4) is 0 Å². The Morgan fingerprint density at radius 2 is 1.80 bits per heavy atom. The highest BCUT2D eigenvalue weighted by atomic mass is 32.1. The van der Waals surface area contributed by atoms with E-state index >= 15 is 0 Å². The standard InChI is InChI=1S/C18H14F3NO2S/c1-24-17(23)11-4-2-10(3-5-11)12-6-13-7-14(9-22)25-16(13)15(8-12)18(19,20)21/h2-8H,9,22H2,1H3. The van der Waals surface area contributed by atoms with Gasteiger partial charge in [-0.25, -0.2) is 4.79 Å². The normalized spacial score (nSPS) is 11.7. The number of hydrogen-bond donors (Lipinski definition) is 1. The summed E-state index contributed by atoms with van der Waals surface area (Å²) < 4.78 is 45.2. The Morgan fingerprint density at radius 1 is 1.12 bits per heavy atom. The van der Waals surface area contributed by atoms with E-state index in [0.29, 0.717) is 27.0 Å². The summed E-state index contributed by atoms with van der Waals surface area (Å²) in [6.07, 6.45) is -4.46. The molecule has 2 aromatic carbocycles. The van der Waals surface area contributed by atoms with Gasteiger partial charge in [-0.15, -0.1) is 11.3 Å². The number of ether oxygens (including phenoxy) is 1. The van der Waals surface area contributed by atoms with Crippen LogP contribution < -0.4 is 5.73 Å². The number of halogens is 3. The molecule has 0 aliphatic carbocycles. The third-order valence-corrected chi connectivity index (χ3v) is 5.02. The highest BCUT2D eigenvalue weighted by Gasteiger charge is 2.34. The molecule has 0 radical (unpaired) electrons. The summed E-state index contributed by atoms with van der Waals surface area (Å²) in [6, 6.07) is 10.8. The molecule has 2 N–H and O–H groups in total. The van der Waals surface area contributed by atoms with Gasteiger partial charge in [-0.1, -0.05) is 12.1 Å². The van der Waals surface area contributed by atoms with E-state index in [1.165, 1.54) is 19.2 Å². The zero-order chi connectivity index (χ0) is 18.2. The van der Waals surface area contributed by atoms with Gasteiger partial charge >= 0.3 is 12.1 Å². The molecule has 3 nitrogen and oxygen atoms in total. The Morgan fingerprint density at radius 3 is 2.36 bits per heavy atom. The Kier molecular flexibility index (Phi) is 4.53. The molecule has 0 bridgehead atoms. The van der Waals surface area contributed by atoms with Gasteiger partial charge in [-0.3, -0.25) is 0 Å². The first-order valence-corrected chi connectivity index (χ1v) is 8.17. The Balaban J connectivity index is 2.14. The van der Waals surface area contributed by atoms with Crippen molar-refractivity contribution in [3.8, 4) is 11.1 Å². The molecule has 0 saturated heterocycles. The van der Waals surface area contributed by atoms with Gasteiger partial charge in [-0.2, -0.15) is 13.2 Å². The Hall–Kier alpha value is -2.38. The van der Waals surface area contributed by atoms with Crippen molar-refractivity contribution < 1.29 is 22.7 Å². The molecule has 0 saturated carbocycles. The van der Waals surface area contributed by atoms with Gasteiger partial charge < -0.3 is 10.5 Å². The second-order valence-corrected chi connectivity index (χ2v) is 6.56. The lowest BCUT2D eigenvalue weighted by Gasteiger charge is -2.11. The Bertz CT molecular complexity index is 930. The molecule has 0 aliphatic heterocycles. The van der Waals surface area contributed by atoms with Crippen LogP contribution in [0.5, 0.6) is 0 Å². The molecule has 3 aromatic rings. The molecule has 0 aliphatic rings. The number of alkyl halides is 3. The van der Waals surface area contributed by atoms with E-state index in [4.69, 9.17) is 5.73 Å². The minimum atomic E-state index is -4.46. The van der Waals surface area contributed by atoms with E-state index in [-0.39, 0.29) is 11.2 Å². The maximum Gasteiger partial charge on any atom is 0.417 e. The van der Waals surface area contributed by atoms with E-state index in [2.05, 4.69) is 4.74 Å². The average molecular weight is 365 g/mol. The molecule has 3 rings (SSSR count). The quantitative estimate of drug-likeness (QED) is 0.676. The van der Waals surface area contributed by atoms with Gasteiger partial charge in [0.15, 0.2) is 0 Å². The van der Waals surface area contributed by atoms with Crippen molar-refractivity contribution in [3.63, 3.8) is 0 Å². The minimum Gasteiger partial charge on any atom is -0.465 e. The van der Waals surface area contributed by atoms with Crippen molar-refractivity contribution in [3.05, 3.63) is 58.5 Å². The first-order valence-electron chi connectivity index (χ1n) is 7.36. The van der Waals surface area contributed by atoms with Gasteiger partial charge in [-0.05, 0) is 46.8 Å². The number of carbonyl (C=O) groups excluding carboxylic acids is 1. The number of esters is 1. The van der Waals surface area contributed by atoms with E-state index in [0.717, 1.165) is 17.4 Å². The van der Waals surface area contributed by atoms with Gasteiger partial charge in [0, 0.05) is 16.1 Å². The molecular formula is C18H14F3NO2S. The fraction of sp³-hybridized carbons (Fsp3) is 0.167. The van der Waals surface area contributed by atoms with Gasteiger partial charge in [0.25, 0.3) is 0 Å². The number of methoxy groups -OCH3 is 1. The topological polar surface area (TPSA) is 52.3 Å². The first-order chi connectivity index (χ1) is 11.8. The molecule has 0 fully saturated rings. The number of hydrogen-bond acceptors (Lipinski definition) is 4. The summed E-state index contributed by atoms with van der Waals surface area (Å²) >= 11 is 1.06. The SMILES string of the molecule is COC(=O)c1ccc(-c2cc(C(F)(F)F)c3sc(CN)cc3c2)cc1. The van der Waals surface area contributed by atoms with Crippen molar-refractivity contribution in [1.29, 1.82) is 0 Å². The van der Waals surface area contributed by atoms with Gasteiger partial charge in [0.2, 0.25) is 0 Å². The highest BCUT2D eigenvalue weighted by molar-refractivity contribution is 7.19. The molecule has 130 valence electrons. The third-order valence-electron chi connectivity index (χ3n) is 3.81. The smallest absolute Gasteiger partial charge is 0.417 e. The second kappa shape index (κ2) is 6.50. The maximum absolute atomic E-state index is 13.5. The lowest BCUT2D eigenvalue weighted by atomic mass is 9.99. The van der Waals surface area contributed by atoms with Crippen LogP contribution in [0, 0.1) is 0 Å². The highest BCUT2D eigenvalue weighted by Crippen LogP contribution is 2.41. The molecule has 0 amide bonds. The van der Waals surface area contributed by atoms with Crippen LogP contribution in [-0.4, -0.2) is 13.1 Å². The fourth-order valence-electron chi connectivity index (χ4n) is 2.60. The van der Waals surface area contributed by atoms with Crippen molar-refractivity contribution in [1.82, 2.24) is 0 Å². The molecule has 0 unspecified atom stereocenters. The average Bonchev–Trinajstić information content (AvgIpc) is 3.02. The van der Waals surface area contributed by atoms with Crippen molar-refractivity contribution >= 4 is 27.4 Å². The summed E-state index contributed by atoms with van der Waals surface area (Å²) in [4.78, 5) is 12.2. The fourth-order valence-corrected chi connectivity index (χ4v) is 3.65. The van der Waals surface area contributed by atoms with Crippen LogP contribution >= 0.6 is 11.3 Å². The van der Waals surface area contributed by atoms with Gasteiger partial charge in [0.05, 0.1) is 18.2 Å². The van der Waals surface area contributed by atoms with E-state index < -0.39 is 17.7 Å². The number of benzene rings is 2. The number of rotatable bonds is 3. The number of nitrogens with two attached hydrogens (primary N) is 1.